The van der Waals surface area contributed by atoms with Gasteiger partial charge in [0.05, 0.1) is 6.20 Å². The predicted octanol–water partition coefficient (Wildman–Crippen LogP) is 2.61. The molecule has 0 aliphatic rings. The van der Waals surface area contributed by atoms with E-state index >= 15 is 0 Å². The monoisotopic (exact) mass is 141 g/mol. The first-order chi connectivity index (χ1) is 4.11. The van der Waals surface area contributed by atoms with Crippen molar-refractivity contribution < 1.29 is 4.42 Å². The van der Waals surface area contributed by atoms with Crippen molar-refractivity contribution in [1.29, 1.82) is 0 Å². The molecule has 1 aromatic heterocycles. The second kappa shape index (κ2) is 2.86. The lowest BCUT2D eigenvalue weighted by molar-refractivity contribution is 0.392. The molecule has 0 unspecified atom stereocenters. The van der Waals surface area contributed by atoms with Crippen LogP contribution in [0.1, 0.15) is 34.1 Å². The summed E-state index contributed by atoms with van der Waals surface area (Å²) >= 11 is 0. The van der Waals surface area contributed by atoms with Crippen LogP contribution in [0.4, 0.5) is 0 Å². The van der Waals surface area contributed by atoms with Crippen LogP contribution in [0, 0.1) is 0 Å². The largest absolute Gasteiger partial charge is 0.448 e. The third-order valence-corrected chi connectivity index (χ3v) is 1.07. The smallest absolute Gasteiger partial charge is 0.199 e. The van der Waals surface area contributed by atoms with Gasteiger partial charge in [-0.2, -0.15) is 0 Å². The van der Waals surface area contributed by atoms with E-state index in [1.807, 2.05) is 0 Å². The van der Waals surface area contributed by atoms with Gasteiger partial charge in [0.1, 0.15) is 6.26 Å². The molecule has 1 heterocycles. The van der Waals surface area contributed by atoms with Crippen LogP contribution in [-0.4, -0.2) is 4.98 Å². The van der Waals surface area contributed by atoms with Crippen LogP contribution in [0.2, 0.25) is 0 Å². The summed E-state index contributed by atoms with van der Waals surface area (Å²) in [4.78, 5) is 4.02. The molecule has 0 N–H and O–H groups in total. The van der Waals surface area contributed by atoms with Gasteiger partial charge in [0.15, 0.2) is 5.89 Å². The molecule has 0 saturated carbocycles. The zero-order valence-electron chi connectivity index (χ0n) is 6.01. The van der Waals surface area contributed by atoms with Crippen LogP contribution < -0.4 is 0 Å². The molecule has 0 radical (unpaired) electrons. The minimum absolute atomic E-state index is 0. The van der Waals surface area contributed by atoms with E-state index in [1.54, 1.807) is 12.5 Å². The normalized spacial score (nSPS) is 10.7. The Hall–Kier alpha value is -0.790. The van der Waals surface area contributed by atoms with E-state index < -0.39 is 0 Å². The molecule has 0 aliphatic carbocycles. The lowest BCUT2D eigenvalue weighted by Gasteiger charge is -2.11. The van der Waals surface area contributed by atoms with E-state index in [-0.39, 0.29) is 12.8 Å². The average Bonchev–Trinajstić information content (AvgIpc) is 2.08. The third-order valence-electron chi connectivity index (χ3n) is 1.07. The third kappa shape index (κ3) is 1.87. The van der Waals surface area contributed by atoms with Gasteiger partial charge in [0, 0.05) is 5.41 Å². The first kappa shape index (κ1) is 9.21. The summed E-state index contributed by atoms with van der Waals surface area (Å²) in [6.45, 7) is 6.20. The van der Waals surface area contributed by atoms with E-state index in [4.69, 9.17) is 4.42 Å². The van der Waals surface area contributed by atoms with Gasteiger partial charge in [0.25, 0.3) is 0 Å². The summed E-state index contributed by atoms with van der Waals surface area (Å²) in [5.41, 5.74) is 0.0451. The van der Waals surface area contributed by atoms with Gasteiger partial charge >= 0.3 is 0 Å². The molecule has 1 aromatic rings. The summed E-state index contributed by atoms with van der Waals surface area (Å²) in [5.74, 6) is 0.794. The highest BCUT2D eigenvalue weighted by Gasteiger charge is 2.17. The van der Waals surface area contributed by atoms with Crippen molar-refractivity contribution in [2.24, 2.45) is 0 Å². The van der Waals surface area contributed by atoms with Gasteiger partial charge in [-0.25, -0.2) is 4.98 Å². The quantitative estimate of drug-likeness (QED) is 0.555. The molecule has 0 bridgehead atoms. The van der Waals surface area contributed by atoms with Crippen LogP contribution in [0.3, 0.4) is 0 Å². The zero-order chi connectivity index (χ0) is 6.91. The maximum atomic E-state index is 5.09. The Morgan fingerprint density at radius 3 is 2.20 bits per heavy atom. The SMILES string of the molecule is C.CC(C)(C)c1ncco1. The fourth-order valence-corrected chi connectivity index (χ4v) is 0.594. The number of aromatic nitrogens is 1. The van der Waals surface area contributed by atoms with E-state index in [0.29, 0.717) is 0 Å². The van der Waals surface area contributed by atoms with Crippen LogP contribution in [0.15, 0.2) is 16.9 Å². The van der Waals surface area contributed by atoms with Gasteiger partial charge in [0.2, 0.25) is 0 Å². The molecule has 0 aromatic carbocycles. The molecule has 0 fully saturated rings. The second-order valence-corrected chi connectivity index (χ2v) is 3.09. The van der Waals surface area contributed by atoms with E-state index in [9.17, 15) is 0 Å². The highest BCUT2D eigenvalue weighted by atomic mass is 16.3. The van der Waals surface area contributed by atoms with Crippen molar-refractivity contribution in [2.75, 3.05) is 0 Å². The lowest BCUT2D eigenvalue weighted by Crippen LogP contribution is -2.10. The van der Waals surface area contributed by atoms with E-state index in [1.165, 1.54) is 0 Å². The molecule has 0 amide bonds. The summed E-state index contributed by atoms with van der Waals surface area (Å²) in [7, 11) is 0. The van der Waals surface area contributed by atoms with Gasteiger partial charge in [-0.15, -0.1) is 0 Å². The lowest BCUT2D eigenvalue weighted by atomic mass is 9.97. The number of rotatable bonds is 0. The molecule has 2 nitrogen and oxygen atoms in total. The minimum Gasteiger partial charge on any atom is -0.448 e. The molecule has 58 valence electrons. The van der Waals surface area contributed by atoms with Crippen LogP contribution in [0.25, 0.3) is 0 Å². The summed E-state index contributed by atoms with van der Waals surface area (Å²) in [6, 6.07) is 0. The standard InChI is InChI=1S/C7H11NO.CH4/c1-7(2,3)6-8-4-5-9-6;/h4-5H,1-3H3;1H4. The first-order valence-corrected chi connectivity index (χ1v) is 3.00. The molecule has 10 heavy (non-hydrogen) atoms. The van der Waals surface area contributed by atoms with Crippen molar-refractivity contribution in [2.45, 2.75) is 33.6 Å². The number of oxazole rings is 1. The van der Waals surface area contributed by atoms with Gasteiger partial charge in [-0.3, -0.25) is 0 Å². The van der Waals surface area contributed by atoms with Crippen LogP contribution in [0.5, 0.6) is 0 Å². The molecule has 0 spiro atoms. The van der Waals surface area contributed by atoms with Crippen LogP contribution >= 0.6 is 0 Å². The van der Waals surface area contributed by atoms with Crippen molar-refractivity contribution in [1.82, 2.24) is 4.98 Å². The number of hydrogen-bond acceptors (Lipinski definition) is 2. The van der Waals surface area contributed by atoms with Crippen molar-refractivity contribution in [3.8, 4) is 0 Å². The predicted molar refractivity (Wildman–Crippen MR) is 41.9 cm³/mol. The summed E-state index contributed by atoms with van der Waals surface area (Å²) in [5, 5.41) is 0. The second-order valence-electron chi connectivity index (χ2n) is 3.09. The molecular weight excluding hydrogens is 126 g/mol. The van der Waals surface area contributed by atoms with Crippen molar-refractivity contribution >= 4 is 0 Å². The first-order valence-electron chi connectivity index (χ1n) is 3.00. The Balaban J connectivity index is 0.000000810. The maximum Gasteiger partial charge on any atom is 0.199 e. The van der Waals surface area contributed by atoms with Crippen LogP contribution in [-0.2, 0) is 5.41 Å². The molecule has 0 atom stereocenters. The fraction of sp³-hybridized carbons (Fsp3) is 0.625. The Kier molecular flexibility index (Phi) is 2.64. The fourth-order valence-electron chi connectivity index (χ4n) is 0.594. The Labute approximate surface area is 62.3 Å². The molecule has 1 rings (SSSR count). The number of hydrogen-bond donors (Lipinski definition) is 0. The highest BCUT2D eigenvalue weighted by molar-refractivity contribution is 4.95. The van der Waals surface area contributed by atoms with E-state index in [0.717, 1.165) is 5.89 Å². The van der Waals surface area contributed by atoms with E-state index in [2.05, 4.69) is 25.8 Å². The maximum absolute atomic E-state index is 5.09. The van der Waals surface area contributed by atoms with Gasteiger partial charge in [-0.05, 0) is 0 Å². The van der Waals surface area contributed by atoms with Crippen molar-refractivity contribution in [3.05, 3.63) is 18.4 Å². The minimum atomic E-state index is 0. The Bertz CT molecular complexity index is 172. The van der Waals surface area contributed by atoms with Gasteiger partial charge < -0.3 is 4.42 Å². The molecule has 2 heteroatoms. The number of nitrogens with zero attached hydrogens (tertiary/aromatic N) is 1. The van der Waals surface area contributed by atoms with Crippen molar-refractivity contribution in [3.63, 3.8) is 0 Å². The zero-order valence-corrected chi connectivity index (χ0v) is 6.01. The Morgan fingerprint density at radius 2 is 2.00 bits per heavy atom. The summed E-state index contributed by atoms with van der Waals surface area (Å²) in [6.07, 6.45) is 3.27. The highest BCUT2D eigenvalue weighted by Crippen LogP contribution is 2.18. The average molecular weight is 141 g/mol. The molecular formula is C8H15NO. The summed E-state index contributed by atoms with van der Waals surface area (Å²) < 4.78 is 5.09. The van der Waals surface area contributed by atoms with Gasteiger partial charge in [-0.1, -0.05) is 28.2 Å². The molecule has 0 saturated heterocycles. The Morgan fingerprint density at radius 1 is 1.40 bits per heavy atom. The topological polar surface area (TPSA) is 26.0 Å². The molecule has 0 aliphatic heterocycles.